The summed E-state index contributed by atoms with van der Waals surface area (Å²) < 4.78 is 0. The first-order valence-electron chi connectivity index (χ1n) is 32.4. The van der Waals surface area contributed by atoms with Crippen LogP contribution in [0.2, 0.25) is 0 Å². The molecule has 0 fully saturated rings. The molecule has 0 radical (unpaired) electrons. The molecule has 4 N–H and O–H groups in total. The summed E-state index contributed by atoms with van der Waals surface area (Å²) in [4.78, 5) is 32.0. The molecule has 4 aromatic carbocycles. The fourth-order valence-electron chi connectivity index (χ4n) is 11.0. The molecule has 4 aromatic rings. The van der Waals surface area contributed by atoms with Crippen molar-refractivity contribution >= 4 is 34.7 Å². The van der Waals surface area contributed by atoms with Crippen LogP contribution in [0.15, 0.2) is 64.6 Å². The van der Waals surface area contributed by atoms with Crippen molar-refractivity contribution in [2.24, 2.45) is 9.98 Å². The number of aromatic carboxylic acids is 2. The second kappa shape index (κ2) is 46.2. The zero-order valence-corrected chi connectivity index (χ0v) is 54.1. The van der Waals surface area contributed by atoms with E-state index in [-0.39, 0.29) is 27.6 Å². The van der Waals surface area contributed by atoms with E-state index in [9.17, 15) is 30.0 Å². The molecule has 0 unspecified atom stereocenters. The van der Waals surface area contributed by atoms with Crippen molar-refractivity contribution < 1.29 is 56.7 Å². The Labute approximate surface area is 513 Å². The van der Waals surface area contributed by atoms with Crippen molar-refractivity contribution in [3.63, 3.8) is 0 Å². The van der Waals surface area contributed by atoms with Gasteiger partial charge in [0.2, 0.25) is 0 Å². The number of hydrogen-bond donors (Lipinski definition) is 4. The molecule has 0 bridgehead atoms. The van der Waals surface area contributed by atoms with E-state index in [1.807, 2.05) is 13.8 Å². The molecule has 0 heterocycles. The van der Waals surface area contributed by atoms with Crippen LogP contribution >= 0.6 is 0 Å². The van der Waals surface area contributed by atoms with Crippen LogP contribution in [-0.2, 0) is 48.6 Å². The topological polar surface area (TPSA) is 186 Å². The zero-order valence-electron chi connectivity index (χ0n) is 53.1. The third kappa shape index (κ3) is 31.0. The molecular weight excluding hydrogens is 1080 g/mol. The van der Waals surface area contributed by atoms with E-state index in [4.69, 9.17) is 20.2 Å². The van der Waals surface area contributed by atoms with Gasteiger partial charge in [-0.15, -0.1) is 0 Å². The Morgan fingerprint density at radius 1 is 0.434 bits per heavy atom. The van der Waals surface area contributed by atoms with Gasteiger partial charge >= 0.3 is 28.4 Å². The molecule has 4 rings (SSSR count). The molecule has 10 nitrogen and oxygen atoms in total. The van der Waals surface area contributed by atoms with Crippen LogP contribution in [0.3, 0.4) is 0 Å². The molecule has 0 aromatic heterocycles. The average Bonchev–Trinajstić information content (AvgIpc) is 3.63. The number of carboxylic acid groups (broad SMARTS) is 2. The summed E-state index contributed by atoms with van der Waals surface area (Å²) in [5.74, 6) is -5.06. The number of aromatic hydroxyl groups is 2. The van der Waals surface area contributed by atoms with Crippen LogP contribution in [0.5, 0.6) is 23.0 Å². The Morgan fingerprint density at radius 3 is 1.11 bits per heavy atom. The van der Waals surface area contributed by atoms with Crippen molar-refractivity contribution in [2.45, 2.75) is 287 Å². The first-order valence-corrected chi connectivity index (χ1v) is 32.4. The van der Waals surface area contributed by atoms with Crippen molar-refractivity contribution in [1.82, 2.24) is 0 Å². The van der Waals surface area contributed by atoms with E-state index in [1.54, 1.807) is 13.8 Å². The largest absolute Gasteiger partial charge is 2.00 e. The second-order valence-electron chi connectivity index (χ2n) is 22.9. The van der Waals surface area contributed by atoms with Crippen molar-refractivity contribution in [3.8, 4) is 23.0 Å². The van der Waals surface area contributed by atoms with E-state index in [0.29, 0.717) is 36.8 Å². The summed E-state index contributed by atoms with van der Waals surface area (Å²) in [5, 5.41) is 59.8. The number of phenolic OH excluding ortho intramolecular Hbond substituents is 2. The Morgan fingerprint density at radius 2 is 0.783 bits per heavy atom. The summed E-state index contributed by atoms with van der Waals surface area (Å²) in [7, 11) is 0. The third-order valence-corrected chi connectivity index (χ3v) is 15.6. The number of benzene rings is 4. The number of aryl methyl sites for hydroxylation is 5. The SMILES string of the molecule is CCCCCCCCCCCCCCCCCCCCCCCCCCCc1ccc(N=C(CCCC)C(C)=Nc2cc(C)cc(C)c2)cc1.CCCc1cc(O)c([O-])c(C(=O)O)c1CC.CCCc1cc(O)c([O-])c(C(=O)O)c1CC.[Ni+2]. The van der Waals surface area contributed by atoms with Crippen LogP contribution < -0.4 is 10.2 Å². The zero-order chi connectivity index (χ0) is 60.5. The summed E-state index contributed by atoms with van der Waals surface area (Å²) in [6.07, 6.45) is 44.5. The van der Waals surface area contributed by atoms with Gasteiger partial charge in [-0.3, -0.25) is 9.98 Å². The smallest absolute Gasteiger partial charge is 0.869 e. The van der Waals surface area contributed by atoms with E-state index >= 15 is 0 Å². The summed E-state index contributed by atoms with van der Waals surface area (Å²) in [5.41, 5.74) is 10.2. The molecular formula is C72H110N2NiO8. The van der Waals surface area contributed by atoms with Gasteiger partial charge in [-0.25, -0.2) is 9.59 Å². The monoisotopic (exact) mass is 1190 g/mol. The molecule has 83 heavy (non-hydrogen) atoms. The third-order valence-electron chi connectivity index (χ3n) is 15.6. The minimum absolute atomic E-state index is 0. The number of unbranched alkanes of at least 4 members (excludes halogenated alkanes) is 25. The second-order valence-corrected chi connectivity index (χ2v) is 22.9. The van der Waals surface area contributed by atoms with Gasteiger partial charge in [-0.2, -0.15) is 0 Å². The Bertz CT molecular complexity index is 2380. The average molecular weight is 1190 g/mol. The van der Waals surface area contributed by atoms with E-state index in [2.05, 4.69) is 77.1 Å². The molecule has 11 heteroatoms. The van der Waals surface area contributed by atoms with Gasteiger partial charge in [-0.05, 0) is 147 Å². The van der Waals surface area contributed by atoms with E-state index < -0.39 is 34.9 Å². The minimum Gasteiger partial charge on any atom is -0.869 e. The minimum atomic E-state index is -1.27. The number of carboxylic acids is 2. The number of hydrogen-bond acceptors (Lipinski definition) is 8. The van der Waals surface area contributed by atoms with Gasteiger partial charge in [0.15, 0.2) is 0 Å². The van der Waals surface area contributed by atoms with Gasteiger partial charge < -0.3 is 30.6 Å². The van der Waals surface area contributed by atoms with Crippen LogP contribution in [-0.4, -0.2) is 43.8 Å². The number of rotatable bonds is 40. The first-order chi connectivity index (χ1) is 39.6. The molecule has 0 saturated heterocycles. The quantitative estimate of drug-likeness (QED) is 0.0192. The predicted molar refractivity (Wildman–Crippen MR) is 342 cm³/mol. The van der Waals surface area contributed by atoms with Crippen molar-refractivity contribution in [2.75, 3.05) is 0 Å². The molecule has 0 aliphatic heterocycles. The molecule has 0 atom stereocenters. The fourth-order valence-corrected chi connectivity index (χ4v) is 11.0. The molecule has 0 aliphatic rings. The first kappa shape index (κ1) is 75.9. The summed E-state index contributed by atoms with van der Waals surface area (Å²) >= 11 is 0. The predicted octanol–water partition coefficient (Wildman–Crippen LogP) is 20.0. The maximum Gasteiger partial charge on any atom is 2.00 e. The molecule has 0 amide bonds. The van der Waals surface area contributed by atoms with Gasteiger partial charge in [0.1, 0.15) is 11.5 Å². The maximum absolute atomic E-state index is 11.5. The van der Waals surface area contributed by atoms with E-state index in [0.717, 1.165) is 66.0 Å². The number of nitrogens with zero attached hydrogens (tertiary/aromatic N) is 2. The molecule has 0 spiro atoms. The summed E-state index contributed by atoms with van der Waals surface area (Å²) in [6.45, 7) is 18.5. The normalized spacial score (nSPS) is 11.4. The van der Waals surface area contributed by atoms with Gasteiger partial charge in [0.25, 0.3) is 0 Å². The Kier molecular flexibility index (Phi) is 42.2. The van der Waals surface area contributed by atoms with Crippen molar-refractivity contribution in [3.05, 3.63) is 105 Å². The Hall–Kier alpha value is -5.15. The molecule has 0 aliphatic carbocycles. The number of phenols is 2. The van der Waals surface area contributed by atoms with Gasteiger partial charge in [-0.1, -0.05) is 245 Å². The molecule has 0 saturated carbocycles. The Balaban J connectivity index is 0.000000840. The fraction of sp³-hybridized carbons (Fsp3) is 0.611. The van der Waals surface area contributed by atoms with Crippen LogP contribution in [0.1, 0.15) is 301 Å². The van der Waals surface area contributed by atoms with Crippen LogP contribution in [0.4, 0.5) is 11.4 Å². The van der Waals surface area contributed by atoms with Gasteiger partial charge in [0, 0.05) is 0 Å². The van der Waals surface area contributed by atoms with E-state index in [1.165, 1.54) is 196 Å². The summed E-state index contributed by atoms with van der Waals surface area (Å²) in [6, 6.07) is 18.3. The van der Waals surface area contributed by atoms with Crippen LogP contribution in [0, 0.1) is 13.8 Å². The van der Waals surface area contributed by atoms with Crippen LogP contribution in [0.25, 0.3) is 0 Å². The standard InChI is InChI=1S/C48H80N2.2C12H16O4.Ni/c1-6-8-10-11-12-13-14-15-16-17-18-19-20-21-22-23-24-25-26-27-28-29-30-31-32-33-45-35-37-46(38-36-45)50-48(34-9-7-2)44(5)49-47-40-42(3)39-43(4)41-47;2*1-3-5-7-6-9(13)11(14)10(12(15)16)8(7)4-2;/h35-41H,6-34H2,1-5H3;2*6,13-14H,3-5H2,1-2H3,(H,15,16);/q;;;+2/p-2. The number of carbonyl (C=O) groups is 2. The maximum atomic E-state index is 11.5. The van der Waals surface area contributed by atoms with Gasteiger partial charge in [0.05, 0.1) is 33.9 Å². The molecule has 466 valence electrons. The number of aliphatic imine (C=N–C) groups is 2. The van der Waals surface area contributed by atoms with Crippen molar-refractivity contribution in [1.29, 1.82) is 0 Å².